The van der Waals surface area contributed by atoms with Crippen molar-refractivity contribution >= 4 is 35.5 Å². The van der Waals surface area contributed by atoms with Crippen LogP contribution in [0.4, 0.5) is 0 Å². The molecule has 0 aromatic heterocycles. The maximum atomic E-state index is 13.0. The van der Waals surface area contributed by atoms with Crippen molar-refractivity contribution in [3.8, 4) is 12.3 Å². The fraction of sp³-hybridized carbons (Fsp3) is 0.517. The van der Waals surface area contributed by atoms with E-state index in [2.05, 4.69) is 33.2 Å². The van der Waals surface area contributed by atoms with Crippen LogP contribution < -0.4 is 38.1 Å². The van der Waals surface area contributed by atoms with Gasteiger partial charge in [0, 0.05) is 6.42 Å². The van der Waals surface area contributed by atoms with Gasteiger partial charge in [0.25, 0.3) is 5.91 Å². The summed E-state index contributed by atoms with van der Waals surface area (Å²) in [6.07, 6.45) is 14.3. The van der Waals surface area contributed by atoms with Crippen molar-refractivity contribution in [2.45, 2.75) is 70.0 Å². The van der Waals surface area contributed by atoms with Crippen molar-refractivity contribution in [1.82, 2.24) is 26.6 Å². The molecule has 0 saturated heterocycles. The van der Waals surface area contributed by atoms with Crippen LogP contribution in [0.1, 0.15) is 51.9 Å². The molecule has 0 fully saturated rings. The molecule has 0 bridgehead atoms. The zero-order valence-corrected chi connectivity index (χ0v) is 24.7. The highest BCUT2D eigenvalue weighted by atomic mass is 16.4. The molecule has 5 amide bonds. The summed E-state index contributed by atoms with van der Waals surface area (Å²) < 4.78 is 0. The smallest absolute Gasteiger partial charge is 0.326 e. The Hall–Kier alpha value is -4.48. The summed E-state index contributed by atoms with van der Waals surface area (Å²) >= 11 is 0. The number of rotatable bonds is 22. The van der Waals surface area contributed by atoms with Gasteiger partial charge in [0.05, 0.1) is 13.1 Å². The Balaban J connectivity index is 5.44. The molecule has 0 aromatic rings. The Labute approximate surface area is 252 Å². The van der Waals surface area contributed by atoms with Gasteiger partial charge in [-0.3, -0.25) is 24.0 Å². The predicted octanol–water partition coefficient (Wildman–Crippen LogP) is -1.27. The number of carboxylic acids is 1. The zero-order valence-electron chi connectivity index (χ0n) is 24.7. The van der Waals surface area contributed by atoms with Crippen molar-refractivity contribution in [1.29, 1.82) is 0 Å². The lowest BCUT2D eigenvalue weighted by Crippen LogP contribution is -2.53. The van der Waals surface area contributed by atoms with E-state index >= 15 is 0 Å². The molecule has 10 N–H and O–H groups in total. The topological polar surface area (TPSA) is 235 Å². The first-order chi connectivity index (χ1) is 20.5. The lowest BCUT2D eigenvalue weighted by atomic mass is 10.0. The van der Waals surface area contributed by atoms with Gasteiger partial charge in [-0.25, -0.2) is 4.79 Å². The van der Waals surface area contributed by atoms with E-state index in [9.17, 15) is 33.9 Å². The van der Waals surface area contributed by atoms with E-state index in [4.69, 9.17) is 17.9 Å². The van der Waals surface area contributed by atoms with Crippen LogP contribution in [0.5, 0.6) is 0 Å². The first-order valence-electron chi connectivity index (χ1n) is 14.0. The Morgan fingerprint density at radius 1 is 0.837 bits per heavy atom. The number of hydrogen-bond donors (Lipinski definition) is 8. The van der Waals surface area contributed by atoms with E-state index in [0.717, 1.165) is 0 Å². The minimum absolute atomic E-state index is 0.0142. The second-order valence-corrected chi connectivity index (χ2v) is 9.43. The van der Waals surface area contributed by atoms with Crippen LogP contribution in [0.2, 0.25) is 0 Å². The number of amides is 5. The van der Waals surface area contributed by atoms with E-state index in [1.807, 2.05) is 5.92 Å². The fourth-order valence-electron chi connectivity index (χ4n) is 3.79. The van der Waals surface area contributed by atoms with Crippen molar-refractivity contribution in [3.63, 3.8) is 0 Å². The number of nitrogens with one attached hydrogen (secondary N) is 5. The first-order valence-corrected chi connectivity index (χ1v) is 14.0. The lowest BCUT2D eigenvalue weighted by molar-refractivity contribution is -0.142. The van der Waals surface area contributed by atoms with Gasteiger partial charge in [-0.1, -0.05) is 30.9 Å². The highest BCUT2D eigenvalue weighted by Crippen LogP contribution is 2.09. The van der Waals surface area contributed by atoms with Gasteiger partial charge in [-0.05, 0) is 70.0 Å². The summed E-state index contributed by atoms with van der Waals surface area (Å²) in [6, 6.07) is -3.29. The second-order valence-electron chi connectivity index (χ2n) is 9.43. The largest absolute Gasteiger partial charge is 0.480 e. The van der Waals surface area contributed by atoms with Gasteiger partial charge in [0.2, 0.25) is 23.6 Å². The fourth-order valence-corrected chi connectivity index (χ4v) is 3.79. The summed E-state index contributed by atoms with van der Waals surface area (Å²) in [4.78, 5) is 73.9. The quantitative estimate of drug-likeness (QED) is 0.0418. The zero-order chi connectivity index (χ0) is 32.6. The molecule has 14 heteroatoms. The average Bonchev–Trinajstić information content (AvgIpc) is 2.97. The minimum Gasteiger partial charge on any atom is -0.480 e. The molecular formula is C29H45N7O7. The molecule has 0 aliphatic rings. The monoisotopic (exact) mass is 603 g/mol. The minimum atomic E-state index is -1.21. The number of nitrogens with two attached hydrogens (primary N) is 2. The van der Waals surface area contributed by atoms with Crippen LogP contribution in [-0.2, 0) is 28.8 Å². The molecule has 3 atom stereocenters. The van der Waals surface area contributed by atoms with Crippen LogP contribution in [0, 0.1) is 12.3 Å². The normalized spacial score (nSPS) is 13.1. The summed E-state index contributed by atoms with van der Waals surface area (Å²) in [5, 5.41) is 21.5. The third kappa shape index (κ3) is 17.8. The van der Waals surface area contributed by atoms with Crippen LogP contribution in [-0.4, -0.2) is 84.9 Å². The van der Waals surface area contributed by atoms with Crippen LogP contribution in [0.3, 0.4) is 0 Å². The number of carboxylic acid groups (broad SMARTS) is 1. The van der Waals surface area contributed by atoms with Gasteiger partial charge in [-0.2, -0.15) is 0 Å². The third-order valence-corrected chi connectivity index (χ3v) is 5.93. The summed E-state index contributed by atoms with van der Waals surface area (Å²) in [6.45, 7) is 5.14. The summed E-state index contributed by atoms with van der Waals surface area (Å²) in [5.74, 6) is -2.93. The summed E-state index contributed by atoms with van der Waals surface area (Å²) in [7, 11) is 0. The molecule has 238 valence electrons. The number of aliphatic carboxylic acids is 1. The predicted molar refractivity (Wildman–Crippen MR) is 162 cm³/mol. The van der Waals surface area contributed by atoms with E-state index < -0.39 is 66.7 Å². The summed E-state index contributed by atoms with van der Waals surface area (Å²) in [5.41, 5.74) is 11.5. The lowest BCUT2D eigenvalue weighted by Gasteiger charge is -2.21. The number of terminal acetylenes is 1. The van der Waals surface area contributed by atoms with Crippen LogP contribution >= 0.6 is 0 Å². The van der Waals surface area contributed by atoms with Crippen molar-refractivity contribution in [2.75, 3.05) is 26.2 Å². The second kappa shape index (κ2) is 23.1. The molecule has 3 unspecified atom stereocenters. The molecule has 0 aromatic carbocycles. The maximum Gasteiger partial charge on any atom is 0.326 e. The van der Waals surface area contributed by atoms with Crippen molar-refractivity contribution in [3.05, 3.63) is 36.5 Å². The SMILES string of the molecule is C#CC(=O)NC(CCCCN)C(=O)NCC(=O)NC(CC(/C=C\C)=C/C=C)C(=O)NCC(=O)NC(CCCCN)C(=O)O. The van der Waals surface area contributed by atoms with E-state index in [-0.39, 0.29) is 19.3 Å². The third-order valence-electron chi connectivity index (χ3n) is 5.93. The molecule has 0 radical (unpaired) electrons. The molecule has 0 rings (SSSR count). The number of unbranched alkanes of at least 4 members (excludes halogenated alkanes) is 2. The molecule has 14 nitrogen and oxygen atoms in total. The maximum absolute atomic E-state index is 13.0. The Morgan fingerprint density at radius 3 is 1.81 bits per heavy atom. The van der Waals surface area contributed by atoms with Crippen LogP contribution in [0.25, 0.3) is 0 Å². The molecule has 43 heavy (non-hydrogen) atoms. The van der Waals surface area contributed by atoms with Gasteiger partial charge in [0.1, 0.15) is 18.1 Å². The van der Waals surface area contributed by atoms with Gasteiger partial charge in [0.15, 0.2) is 0 Å². The van der Waals surface area contributed by atoms with Gasteiger partial charge >= 0.3 is 5.97 Å². The first kappa shape index (κ1) is 38.5. The molecule has 0 aliphatic heterocycles. The van der Waals surface area contributed by atoms with Gasteiger partial charge in [-0.15, -0.1) is 6.42 Å². The standard InChI is InChI=1S/C29H45N7O7/c1-4-11-20(12-5-2)17-23(28(41)33-18-25(38)35-22(29(42)43)14-8-10-16-31)36-26(39)19-32-27(40)21(13-7-9-15-30)34-24(37)6-3/h3-5,11-12,21-23H,1,7-10,13-19,30-31H2,2H3,(H,32,40)(H,33,41)(H,34,37)(H,35,38)(H,36,39)(H,42,43)/b12-5-,20-11+. The van der Waals surface area contributed by atoms with E-state index in [1.165, 1.54) is 6.08 Å². The molecule has 0 spiro atoms. The Morgan fingerprint density at radius 2 is 1.35 bits per heavy atom. The molecule has 0 aliphatic carbocycles. The van der Waals surface area contributed by atoms with Crippen LogP contribution in [0.15, 0.2) is 36.5 Å². The highest BCUT2D eigenvalue weighted by Gasteiger charge is 2.25. The van der Waals surface area contributed by atoms with Crippen molar-refractivity contribution < 1.29 is 33.9 Å². The number of carbonyl (C=O) groups excluding carboxylic acids is 5. The van der Waals surface area contributed by atoms with E-state index in [0.29, 0.717) is 44.3 Å². The Kier molecular flexibility index (Phi) is 20.7. The van der Waals surface area contributed by atoms with Gasteiger partial charge < -0.3 is 43.2 Å². The highest BCUT2D eigenvalue weighted by molar-refractivity contribution is 5.97. The number of allylic oxidation sites excluding steroid dienone is 4. The molecule has 0 saturated carbocycles. The van der Waals surface area contributed by atoms with Crippen molar-refractivity contribution in [2.24, 2.45) is 11.5 Å². The molecular weight excluding hydrogens is 558 g/mol. The average molecular weight is 604 g/mol. The molecule has 0 heterocycles. The number of hydrogen-bond acceptors (Lipinski definition) is 8. The van der Waals surface area contributed by atoms with E-state index in [1.54, 1.807) is 25.2 Å². The number of carbonyl (C=O) groups is 6. The Bertz CT molecular complexity index is 1070.